The first kappa shape index (κ1) is 30.0. The standard InChI is InChI=1S/C50H33NO/c1-4-13-34(14-5-1)36-23-25-38(26-24-36)41-31-32-45-44(33-41)48(39-29-27-37(28-30-39)35-15-6-2-7-16-35)49(40-17-8-3-9-18-40)51(45)46-21-12-20-43-42-19-10-11-22-47(42)52-50(43)46/h1-33H. The monoisotopic (exact) mass is 663 g/mol. The van der Waals surface area contributed by atoms with E-state index in [2.05, 4.69) is 199 Å². The summed E-state index contributed by atoms with van der Waals surface area (Å²) in [5.74, 6) is 0. The minimum Gasteiger partial charge on any atom is -0.454 e. The van der Waals surface area contributed by atoms with E-state index in [1.807, 2.05) is 6.07 Å². The van der Waals surface area contributed by atoms with E-state index in [1.54, 1.807) is 0 Å². The molecule has 0 spiro atoms. The molecule has 0 saturated heterocycles. The van der Waals surface area contributed by atoms with Crippen molar-refractivity contribution in [1.29, 1.82) is 0 Å². The molecule has 0 aliphatic heterocycles. The Kier molecular flexibility index (Phi) is 7.18. The van der Waals surface area contributed by atoms with Gasteiger partial charge in [-0.25, -0.2) is 0 Å². The van der Waals surface area contributed by atoms with Gasteiger partial charge < -0.3 is 8.98 Å². The van der Waals surface area contributed by atoms with Gasteiger partial charge in [0.25, 0.3) is 0 Å². The Bertz CT molecular complexity index is 2850. The molecule has 0 aliphatic carbocycles. The van der Waals surface area contributed by atoms with Crippen LogP contribution in [-0.4, -0.2) is 4.57 Å². The first-order valence-electron chi connectivity index (χ1n) is 17.8. The van der Waals surface area contributed by atoms with Crippen LogP contribution in [0.2, 0.25) is 0 Å². The Balaban J connectivity index is 1.25. The summed E-state index contributed by atoms with van der Waals surface area (Å²) in [6, 6.07) is 71.6. The van der Waals surface area contributed by atoms with E-state index in [9.17, 15) is 0 Å². The molecule has 8 aromatic carbocycles. The molecule has 0 fully saturated rings. The zero-order chi connectivity index (χ0) is 34.4. The highest BCUT2D eigenvalue weighted by atomic mass is 16.3. The molecule has 0 unspecified atom stereocenters. The minimum absolute atomic E-state index is 0.879. The highest BCUT2D eigenvalue weighted by molar-refractivity contribution is 6.11. The summed E-state index contributed by atoms with van der Waals surface area (Å²) in [5.41, 5.74) is 15.7. The lowest BCUT2D eigenvalue weighted by Crippen LogP contribution is -1.98. The second-order valence-electron chi connectivity index (χ2n) is 13.3. The molecule has 10 aromatic rings. The molecule has 0 amide bonds. The average molecular weight is 664 g/mol. The quantitative estimate of drug-likeness (QED) is 0.173. The van der Waals surface area contributed by atoms with Gasteiger partial charge >= 0.3 is 0 Å². The predicted molar refractivity (Wildman–Crippen MR) is 218 cm³/mol. The summed E-state index contributed by atoms with van der Waals surface area (Å²) in [4.78, 5) is 0. The first-order valence-corrected chi connectivity index (χ1v) is 17.8. The summed E-state index contributed by atoms with van der Waals surface area (Å²) in [6.45, 7) is 0. The molecule has 244 valence electrons. The maximum Gasteiger partial charge on any atom is 0.159 e. The number of nitrogens with zero attached hydrogens (tertiary/aromatic N) is 1. The van der Waals surface area contributed by atoms with E-state index < -0.39 is 0 Å². The Morgan fingerprint density at radius 1 is 0.327 bits per heavy atom. The molecule has 2 heterocycles. The van der Waals surface area contributed by atoms with Crippen LogP contribution in [0.3, 0.4) is 0 Å². The smallest absolute Gasteiger partial charge is 0.159 e. The third-order valence-corrected chi connectivity index (χ3v) is 10.2. The summed E-state index contributed by atoms with van der Waals surface area (Å²) in [7, 11) is 0. The molecular weight excluding hydrogens is 631 g/mol. The first-order chi connectivity index (χ1) is 25.8. The fourth-order valence-electron chi connectivity index (χ4n) is 7.74. The van der Waals surface area contributed by atoms with Crippen molar-refractivity contribution >= 4 is 32.8 Å². The van der Waals surface area contributed by atoms with Crippen molar-refractivity contribution in [1.82, 2.24) is 4.57 Å². The Morgan fingerprint density at radius 3 is 1.44 bits per heavy atom. The maximum atomic E-state index is 6.68. The third-order valence-electron chi connectivity index (χ3n) is 10.2. The Labute approximate surface area is 302 Å². The average Bonchev–Trinajstić information content (AvgIpc) is 3.78. The van der Waals surface area contributed by atoms with Crippen molar-refractivity contribution in [3.8, 4) is 61.5 Å². The number of furan rings is 1. The lowest BCUT2D eigenvalue weighted by molar-refractivity contribution is 0.666. The van der Waals surface area contributed by atoms with Crippen LogP contribution in [-0.2, 0) is 0 Å². The second kappa shape index (κ2) is 12.5. The topological polar surface area (TPSA) is 18.1 Å². The molecule has 0 saturated carbocycles. The van der Waals surface area contributed by atoms with E-state index >= 15 is 0 Å². The van der Waals surface area contributed by atoms with E-state index in [-0.39, 0.29) is 0 Å². The van der Waals surface area contributed by atoms with E-state index in [0.717, 1.165) is 50.0 Å². The molecule has 2 heteroatoms. The summed E-state index contributed by atoms with van der Waals surface area (Å²) < 4.78 is 9.09. The molecular formula is C50H33NO. The van der Waals surface area contributed by atoms with Crippen molar-refractivity contribution in [2.75, 3.05) is 0 Å². The van der Waals surface area contributed by atoms with Crippen LogP contribution < -0.4 is 0 Å². The van der Waals surface area contributed by atoms with Crippen LogP contribution in [0.5, 0.6) is 0 Å². The number of benzene rings is 8. The summed E-state index contributed by atoms with van der Waals surface area (Å²) >= 11 is 0. The minimum atomic E-state index is 0.879. The van der Waals surface area contributed by atoms with Crippen LogP contribution in [0.25, 0.3) is 94.3 Å². The number of aromatic nitrogens is 1. The van der Waals surface area contributed by atoms with Gasteiger partial charge in [0.1, 0.15) is 5.58 Å². The van der Waals surface area contributed by atoms with Gasteiger partial charge in [-0.3, -0.25) is 0 Å². The van der Waals surface area contributed by atoms with Crippen LogP contribution in [0.4, 0.5) is 0 Å². The molecule has 52 heavy (non-hydrogen) atoms. The van der Waals surface area contributed by atoms with Crippen LogP contribution in [0.1, 0.15) is 0 Å². The van der Waals surface area contributed by atoms with Gasteiger partial charge in [-0.05, 0) is 68.8 Å². The van der Waals surface area contributed by atoms with Crippen molar-refractivity contribution in [2.24, 2.45) is 0 Å². The molecule has 0 radical (unpaired) electrons. The molecule has 2 nitrogen and oxygen atoms in total. The molecule has 10 rings (SSSR count). The van der Waals surface area contributed by atoms with Crippen LogP contribution >= 0.6 is 0 Å². The summed E-state index contributed by atoms with van der Waals surface area (Å²) in [6.07, 6.45) is 0. The zero-order valence-electron chi connectivity index (χ0n) is 28.4. The third kappa shape index (κ3) is 5.04. The van der Waals surface area contributed by atoms with Crippen LogP contribution in [0, 0.1) is 0 Å². The number of para-hydroxylation sites is 2. The Hall–Kier alpha value is -6.90. The molecule has 0 bridgehead atoms. The predicted octanol–water partition coefficient (Wildman–Crippen LogP) is 13.9. The Morgan fingerprint density at radius 2 is 0.808 bits per heavy atom. The fraction of sp³-hybridized carbons (Fsp3) is 0. The van der Waals surface area contributed by atoms with Gasteiger partial charge in [0.05, 0.1) is 16.9 Å². The lowest BCUT2D eigenvalue weighted by Gasteiger charge is -2.14. The van der Waals surface area contributed by atoms with Crippen molar-refractivity contribution in [2.45, 2.75) is 0 Å². The fourth-order valence-corrected chi connectivity index (χ4v) is 7.74. The zero-order valence-corrected chi connectivity index (χ0v) is 28.4. The van der Waals surface area contributed by atoms with Crippen LogP contribution in [0.15, 0.2) is 205 Å². The number of hydrogen-bond acceptors (Lipinski definition) is 1. The number of fused-ring (bicyclic) bond motifs is 4. The maximum absolute atomic E-state index is 6.68. The number of rotatable bonds is 6. The van der Waals surface area contributed by atoms with E-state index in [4.69, 9.17) is 4.42 Å². The van der Waals surface area contributed by atoms with Gasteiger partial charge in [-0.2, -0.15) is 0 Å². The van der Waals surface area contributed by atoms with Gasteiger partial charge in [0, 0.05) is 21.7 Å². The summed E-state index contributed by atoms with van der Waals surface area (Å²) in [5, 5.41) is 3.41. The SMILES string of the molecule is c1ccc(-c2ccc(-c3ccc4c(c3)c(-c3ccc(-c5ccccc5)cc3)c(-c3ccccc3)n4-c3cccc4c3oc3ccccc34)cc2)cc1. The van der Waals surface area contributed by atoms with E-state index in [0.29, 0.717) is 0 Å². The van der Waals surface area contributed by atoms with Gasteiger partial charge in [0.2, 0.25) is 0 Å². The van der Waals surface area contributed by atoms with Gasteiger partial charge in [0.15, 0.2) is 5.58 Å². The van der Waals surface area contributed by atoms with Crippen molar-refractivity contribution in [3.05, 3.63) is 200 Å². The largest absolute Gasteiger partial charge is 0.454 e. The molecule has 2 aromatic heterocycles. The van der Waals surface area contributed by atoms with Crippen molar-refractivity contribution in [3.63, 3.8) is 0 Å². The second-order valence-corrected chi connectivity index (χ2v) is 13.3. The lowest BCUT2D eigenvalue weighted by atomic mass is 9.94. The van der Waals surface area contributed by atoms with Gasteiger partial charge in [-0.15, -0.1) is 0 Å². The molecule has 0 N–H and O–H groups in total. The van der Waals surface area contributed by atoms with Crippen molar-refractivity contribution < 1.29 is 4.42 Å². The van der Waals surface area contributed by atoms with Gasteiger partial charge in [-0.1, -0.05) is 176 Å². The highest BCUT2D eigenvalue weighted by Gasteiger charge is 2.24. The highest BCUT2D eigenvalue weighted by Crippen LogP contribution is 2.46. The molecule has 0 atom stereocenters. The number of hydrogen-bond donors (Lipinski definition) is 0. The van der Waals surface area contributed by atoms with E-state index in [1.165, 1.54) is 44.3 Å². The molecule has 0 aliphatic rings. The normalized spacial score (nSPS) is 11.5.